The standard InChI is InChI=1S/C19H18N4O3/c24-18-16-4-2-1-3-15(16)17(21-22-18)19(25)20-13-5-7-14(8-6-13)23-9-11-26-12-10-23/h1-8H,9-12H2,(H,20,25)(H,22,24). The Balaban J connectivity index is 1.55. The third kappa shape index (κ3) is 3.16. The molecule has 0 atom stereocenters. The number of H-pyrrole nitrogens is 1. The molecule has 1 fully saturated rings. The summed E-state index contributed by atoms with van der Waals surface area (Å²) < 4.78 is 5.36. The van der Waals surface area contributed by atoms with E-state index in [4.69, 9.17) is 4.74 Å². The molecule has 1 aliphatic heterocycles. The van der Waals surface area contributed by atoms with Gasteiger partial charge in [-0.3, -0.25) is 9.59 Å². The van der Waals surface area contributed by atoms with Crippen LogP contribution in [-0.2, 0) is 4.74 Å². The summed E-state index contributed by atoms with van der Waals surface area (Å²) in [5.41, 5.74) is 1.65. The van der Waals surface area contributed by atoms with Crippen molar-refractivity contribution in [1.29, 1.82) is 0 Å². The number of hydrogen-bond donors (Lipinski definition) is 2. The van der Waals surface area contributed by atoms with Gasteiger partial charge in [-0.15, -0.1) is 0 Å². The monoisotopic (exact) mass is 350 g/mol. The first-order valence-electron chi connectivity index (χ1n) is 8.44. The summed E-state index contributed by atoms with van der Waals surface area (Å²) in [6.07, 6.45) is 0. The lowest BCUT2D eigenvalue weighted by Gasteiger charge is -2.28. The Morgan fingerprint density at radius 1 is 1.04 bits per heavy atom. The highest BCUT2D eigenvalue weighted by atomic mass is 16.5. The van der Waals surface area contributed by atoms with E-state index in [-0.39, 0.29) is 17.2 Å². The van der Waals surface area contributed by atoms with Crippen molar-refractivity contribution in [2.45, 2.75) is 0 Å². The summed E-state index contributed by atoms with van der Waals surface area (Å²) in [4.78, 5) is 26.7. The minimum Gasteiger partial charge on any atom is -0.378 e. The summed E-state index contributed by atoms with van der Waals surface area (Å²) in [6, 6.07) is 14.6. The fraction of sp³-hybridized carbons (Fsp3) is 0.211. The maximum Gasteiger partial charge on any atom is 0.276 e. The van der Waals surface area contributed by atoms with Gasteiger partial charge in [0.15, 0.2) is 5.69 Å². The molecule has 1 amide bonds. The number of morpholine rings is 1. The van der Waals surface area contributed by atoms with Crippen LogP contribution in [0, 0.1) is 0 Å². The highest BCUT2D eigenvalue weighted by Crippen LogP contribution is 2.20. The van der Waals surface area contributed by atoms with E-state index in [9.17, 15) is 9.59 Å². The number of nitrogens with zero attached hydrogens (tertiary/aromatic N) is 2. The minimum atomic E-state index is -0.364. The number of benzene rings is 2. The van der Waals surface area contributed by atoms with E-state index in [0.29, 0.717) is 16.5 Å². The molecule has 0 spiro atoms. The number of aromatic nitrogens is 2. The van der Waals surface area contributed by atoms with Crippen LogP contribution in [0.25, 0.3) is 10.8 Å². The zero-order valence-electron chi connectivity index (χ0n) is 14.1. The van der Waals surface area contributed by atoms with Crippen molar-refractivity contribution in [1.82, 2.24) is 10.2 Å². The topological polar surface area (TPSA) is 87.3 Å². The molecule has 0 bridgehead atoms. The fourth-order valence-electron chi connectivity index (χ4n) is 3.06. The first-order chi connectivity index (χ1) is 12.7. The Labute approximate surface area is 149 Å². The molecule has 2 aromatic carbocycles. The number of carbonyl (C=O) groups is 1. The Bertz CT molecular complexity index is 992. The number of aromatic amines is 1. The summed E-state index contributed by atoms with van der Waals surface area (Å²) in [5, 5.41) is 10.1. The number of hydrogen-bond acceptors (Lipinski definition) is 5. The van der Waals surface area contributed by atoms with Crippen LogP contribution in [0.3, 0.4) is 0 Å². The molecular formula is C19H18N4O3. The Morgan fingerprint density at radius 3 is 2.46 bits per heavy atom. The van der Waals surface area contributed by atoms with Crippen molar-refractivity contribution in [3.05, 3.63) is 64.6 Å². The number of amides is 1. The Kier molecular flexibility index (Phi) is 4.37. The average molecular weight is 350 g/mol. The second kappa shape index (κ2) is 6.97. The van der Waals surface area contributed by atoms with Gasteiger partial charge < -0.3 is 15.0 Å². The maximum absolute atomic E-state index is 12.6. The first-order valence-corrected chi connectivity index (χ1v) is 8.44. The Hall–Kier alpha value is -3.19. The van der Waals surface area contributed by atoms with Crippen LogP contribution in [0.15, 0.2) is 53.3 Å². The molecule has 2 N–H and O–H groups in total. The van der Waals surface area contributed by atoms with E-state index in [0.717, 1.165) is 32.0 Å². The van der Waals surface area contributed by atoms with Crippen LogP contribution in [0.1, 0.15) is 10.5 Å². The molecule has 7 nitrogen and oxygen atoms in total. The number of rotatable bonds is 3. The lowest BCUT2D eigenvalue weighted by molar-refractivity contribution is 0.102. The summed E-state index contributed by atoms with van der Waals surface area (Å²) in [6.45, 7) is 3.17. The van der Waals surface area contributed by atoms with Crippen LogP contribution in [0.5, 0.6) is 0 Å². The Morgan fingerprint density at radius 2 is 1.73 bits per heavy atom. The molecule has 1 aromatic heterocycles. The molecule has 0 radical (unpaired) electrons. The van der Waals surface area contributed by atoms with E-state index >= 15 is 0 Å². The van der Waals surface area contributed by atoms with E-state index in [1.165, 1.54) is 0 Å². The molecule has 3 aromatic rings. The highest BCUT2D eigenvalue weighted by Gasteiger charge is 2.15. The third-order valence-electron chi connectivity index (χ3n) is 4.41. The highest BCUT2D eigenvalue weighted by molar-refractivity contribution is 6.11. The normalized spacial score (nSPS) is 14.4. The lowest BCUT2D eigenvalue weighted by Crippen LogP contribution is -2.36. The maximum atomic E-state index is 12.6. The van der Waals surface area contributed by atoms with Gasteiger partial charge in [-0.05, 0) is 30.3 Å². The molecule has 1 aliphatic rings. The van der Waals surface area contributed by atoms with Crippen LogP contribution in [0.4, 0.5) is 11.4 Å². The van der Waals surface area contributed by atoms with Crippen molar-refractivity contribution < 1.29 is 9.53 Å². The number of nitrogens with one attached hydrogen (secondary N) is 2. The molecule has 26 heavy (non-hydrogen) atoms. The van der Waals surface area contributed by atoms with E-state index < -0.39 is 0 Å². The predicted molar refractivity (Wildman–Crippen MR) is 99.8 cm³/mol. The first kappa shape index (κ1) is 16.3. The van der Waals surface area contributed by atoms with Crippen molar-refractivity contribution in [2.24, 2.45) is 0 Å². The predicted octanol–water partition coefficient (Wildman–Crippen LogP) is 2.01. The summed E-state index contributed by atoms with van der Waals surface area (Å²) in [5.74, 6) is -0.364. The van der Waals surface area contributed by atoms with Crippen molar-refractivity contribution in [2.75, 3.05) is 36.5 Å². The average Bonchev–Trinajstić information content (AvgIpc) is 2.70. The van der Waals surface area contributed by atoms with Gasteiger partial charge in [-0.1, -0.05) is 18.2 Å². The summed E-state index contributed by atoms with van der Waals surface area (Å²) in [7, 11) is 0. The molecule has 1 saturated heterocycles. The van der Waals surface area contributed by atoms with E-state index in [1.807, 2.05) is 24.3 Å². The van der Waals surface area contributed by atoms with Crippen molar-refractivity contribution >= 4 is 28.1 Å². The van der Waals surface area contributed by atoms with Gasteiger partial charge in [-0.2, -0.15) is 5.10 Å². The second-order valence-corrected chi connectivity index (χ2v) is 6.05. The van der Waals surface area contributed by atoms with E-state index in [2.05, 4.69) is 20.4 Å². The number of carbonyl (C=O) groups excluding carboxylic acids is 1. The van der Waals surface area contributed by atoms with Gasteiger partial charge in [0.1, 0.15) is 0 Å². The SMILES string of the molecule is O=C(Nc1ccc(N2CCOCC2)cc1)c1n[nH]c(=O)c2ccccc12. The minimum absolute atomic E-state index is 0.192. The van der Waals surface area contributed by atoms with Crippen molar-refractivity contribution in [3.8, 4) is 0 Å². The number of ether oxygens (including phenoxy) is 1. The van der Waals surface area contributed by atoms with Crippen LogP contribution >= 0.6 is 0 Å². The lowest BCUT2D eigenvalue weighted by atomic mass is 10.1. The van der Waals surface area contributed by atoms with Crippen LogP contribution < -0.4 is 15.8 Å². The van der Waals surface area contributed by atoms with Gasteiger partial charge in [0.2, 0.25) is 0 Å². The number of anilines is 2. The zero-order chi connectivity index (χ0) is 17.9. The van der Waals surface area contributed by atoms with E-state index in [1.54, 1.807) is 24.3 Å². The van der Waals surface area contributed by atoms with Gasteiger partial charge in [0, 0.05) is 29.9 Å². The quantitative estimate of drug-likeness (QED) is 0.754. The molecule has 132 valence electrons. The molecular weight excluding hydrogens is 332 g/mol. The zero-order valence-corrected chi connectivity index (χ0v) is 14.1. The molecule has 4 rings (SSSR count). The summed E-state index contributed by atoms with van der Waals surface area (Å²) >= 11 is 0. The molecule has 2 heterocycles. The molecule has 7 heteroatoms. The molecule has 0 saturated carbocycles. The largest absolute Gasteiger partial charge is 0.378 e. The van der Waals surface area contributed by atoms with Gasteiger partial charge in [0.05, 0.1) is 18.6 Å². The molecule has 0 unspecified atom stereocenters. The van der Waals surface area contributed by atoms with Crippen LogP contribution in [0.2, 0.25) is 0 Å². The van der Waals surface area contributed by atoms with Crippen molar-refractivity contribution in [3.63, 3.8) is 0 Å². The van der Waals surface area contributed by atoms with Gasteiger partial charge >= 0.3 is 0 Å². The molecule has 0 aliphatic carbocycles. The fourth-order valence-corrected chi connectivity index (χ4v) is 3.06. The number of fused-ring (bicyclic) bond motifs is 1. The third-order valence-corrected chi connectivity index (χ3v) is 4.41. The smallest absolute Gasteiger partial charge is 0.276 e. The second-order valence-electron chi connectivity index (χ2n) is 6.05. The van der Waals surface area contributed by atoms with Gasteiger partial charge in [-0.25, -0.2) is 5.10 Å². The van der Waals surface area contributed by atoms with Gasteiger partial charge in [0.25, 0.3) is 11.5 Å². The van der Waals surface area contributed by atoms with Crippen LogP contribution in [-0.4, -0.2) is 42.4 Å².